The molecule has 1 aromatic carbocycles. The van der Waals surface area contributed by atoms with Gasteiger partial charge in [-0.1, -0.05) is 42.0 Å². The molecule has 1 aliphatic carbocycles. The molecule has 0 spiro atoms. The van der Waals surface area contributed by atoms with Gasteiger partial charge in [-0.2, -0.15) is 0 Å². The summed E-state index contributed by atoms with van der Waals surface area (Å²) in [6.45, 7) is 7.74. The summed E-state index contributed by atoms with van der Waals surface area (Å²) in [7, 11) is 0. The van der Waals surface area contributed by atoms with Crippen LogP contribution in [-0.4, -0.2) is 17.7 Å². The molecule has 0 aliphatic heterocycles. The third-order valence-electron chi connectivity index (χ3n) is 3.27. The van der Waals surface area contributed by atoms with Crippen LogP contribution in [0.5, 0.6) is 0 Å². The van der Waals surface area contributed by atoms with Gasteiger partial charge < -0.3 is 10.1 Å². The van der Waals surface area contributed by atoms with Gasteiger partial charge in [-0.3, -0.25) is 0 Å². The van der Waals surface area contributed by atoms with Gasteiger partial charge in [-0.05, 0) is 39.7 Å². The topological polar surface area (TPSA) is 38.3 Å². The molecule has 0 heterocycles. The fraction of sp³-hybridized carbons (Fsp3) is 0.471. The minimum Gasteiger partial charge on any atom is -0.444 e. The van der Waals surface area contributed by atoms with Crippen LogP contribution in [0.25, 0.3) is 6.08 Å². The lowest BCUT2D eigenvalue weighted by Gasteiger charge is -2.19. The Kier molecular flexibility index (Phi) is 4.17. The van der Waals surface area contributed by atoms with E-state index in [2.05, 4.69) is 30.4 Å². The first-order valence-electron chi connectivity index (χ1n) is 7.08. The van der Waals surface area contributed by atoms with Crippen molar-refractivity contribution in [3.63, 3.8) is 0 Å². The van der Waals surface area contributed by atoms with Gasteiger partial charge in [0.25, 0.3) is 0 Å². The molecular formula is C17H23NO2. The van der Waals surface area contributed by atoms with Crippen molar-refractivity contribution in [2.24, 2.45) is 5.92 Å². The fourth-order valence-electron chi connectivity index (χ4n) is 2.24. The van der Waals surface area contributed by atoms with Crippen LogP contribution in [0.2, 0.25) is 0 Å². The second kappa shape index (κ2) is 5.70. The molecule has 1 aromatic rings. The molecule has 1 fully saturated rings. The molecule has 108 valence electrons. The monoisotopic (exact) mass is 273 g/mol. The summed E-state index contributed by atoms with van der Waals surface area (Å²) in [5, 5.41) is 2.93. The molecule has 0 aromatic heterocycles. The predicted molar refractivity (Wildman–Crippen MR) is 81.4 cm³/mol. The Morgan fingerprint density at radius 2 is 1.95 bits per heavy atom. The summed E-state index contributed by atoms with van der Waals surface area (Å²) in [4.78, 5) is 11.7. The molecule has 20 heavy (non-hydrogen) atoms. The molecule has 0 bridgehead atoms. The van der Waals surface area contributed by atoms with Crippen LogP contribution in [-0.2, 0) is 4.74 Å². The number of nitrogens with one attached hydrogen (secondary N) is 1. The highest BCUT2D eigenvalue weighted by molar-refractivity contribution is 5.69. The van der Waals surface area contributed by atoms with E-state index in [1.54, 1.807) is 0 Å². The highest BCUT2D eigenvalue weighted by Gasteiger charge is 2.40. The highest BCUT2D eigenvalue weighted by atomic mass is 16.6. The zero-order valence-corrected chi connectivity index (χ0v) is 12.6. The van der Waals surface area contributed by atoms with Gasteiger partial charge in [0.15, 0.2) is 0 Å². The van der Waals surface area contributed by atoms with Crippen molar-refractivity contribution in [3.8, 4) is 0 Å². The van der Waals surface area contributed by atoms with E-state index in [0.717, 1.165) is 6.42 Å². The molecule has 2 atom stereocenters. The quantitative estimate of drug-likeness (QED) is 0.904. The third-order valence-corrected chi connectivity index (χ3v) is 3.27. The molecule has 1 N–H and O–H groups in total. The number of hydrogen-bond acceptors (Lipinski definition) is 2. The lowest BCUT2D eigenvalue weighted by Crippen LogP contribution is -2.34. The molecule has 3 heteroatoms. The first-order valence-corrected chi connectivity index (χ1v) is 7.08. The van der Waals surface area contributed by atoms with Crippen molar-refractivity contribution >= 4 is 12.2 Å². The minimum atomic E-state index is -0.441. The maximum absolute atomic E-state index is 11.7. The normalized spacial score (nSPS) is 22.3. The average Bonchev–Trinajstić information content (AvgIpc) is 3.07. The number of alkyl carbamates (subject to hydrolysis) is 1. The number of rotatable bonds is 3. The van der Waals surface area contributed by atoms with Crippen LogP contribution in [0.1, 0.15) is 39.7 Å². The van der Waals surface area contributed by atoms with E-state index >= 15 is 0 Å². The molecule has 1 aliphatic rings. The largest absolute Gasteiger partial charge is 0.444 e. The Morgan fingerprint density at radius 1 is 1.30 bits per heavy atom. The lowest BCUT2D eigenvalue weighted by atomic mass is 10.1. The van der Waals surface area contributed by atoms with Crippen LogP contribution in [0.4, 0.5) is 4.79 Å². The predicted octanol–water partition coefficient (Wildman–Crippen LogP) is 4.00. The summed E-state index contributed by atoms with van der Waals surface area (Å²) >= 11 is 0. The summed E-state index contributed by atoms with van der Waals surface area (Å²) in [5.41, 5.74) is 2.06. The molecule has 0 saturated heterocycles. The van der Waals surface area contributed by atoms with Gasteiger partial charge in [-0.25, -0.2) is 4.79 Å². The molecule has 0 radical (unpaired) electrons. The molecule has 3 nitrogen and oxygen atoms in total. The lowest BCUT2D eigenvalue weighted by molar-refractivity contribution is 0.0522. The van der Waals surface area contributed by atoms with Gasteiger partial charge in [-0.15, -0.1) is 0 Å². The average molecular weight is 273 g/mol. The first kappa shape index (κ1) is 14.6. The van der Waals surface area contributed by atoms with E-state index in [1.807, 2.05) is 39.0 Å². The van der Waals surface area contributed by atoms with E-state index in [4.69, 9.17) is 4.74 Å². The SMILES string of the molecule is C/C(=C\c1ccccc1)[C@@H]1C[C@H]1NC(=O)OC(C)(C)C. The Bertz CT molecular complexity index is 499. The summed E-state index contributed by atoms with van der Waals surface area (Å²) < 4.78 is 5.27. The number of amides is 1. The van der Waals surface area contributed by atoms with Crippen LogP contribution in [0.3, 0.4) is 0 Å². The number of benzene rings is 1. The Labute approximate surface area is 121 Å². The third kappa shape index (κ3) is 4.41. The zero-order chi connectivity index (χ0) is 14.8. The smallest absolute Gasteiger partial charge is 0.407 e. The number of carbonyl (C=O) groups is 1. The number of carbonyl (C=O) groups excluding carboxylic acids is 1. The highest BCUT2D eigenvalue weighted by Crippen LogP contribution is 2.38. The standard InChI is InChI=1S/C17H23NO2/c1-12(10-13-8-6-5-7-9-13)14-11-15(14)18-16(19)20-17(2,3)4/h5-10,14-15H,11H2,1-4H3,(H,18,19)/b12-10+/t14-,15+/m0/s1. The first-order chi connectivity index (χ1) is 9.35. The van der Waals surface area contributed by atoms with Crippen molar-refractivity contribution in [2.45, 2.75) is 45.8 Å². The Morgan fingerprint density at radius 3 is 2.55 bits per heavy atom. The van der Waals surface area contributed by atoms with Crippen LogP contribution >= 0.6 is 0 Å². The van der Waals surface area contributed by atoms with E-state index in [-0.39, 0.29) is 12.1 Å². The van der Waals surface area contributed by atoms with Crippen molar-refractivity contribution in [2.75, 3.05) is 0 Å². The van der Waals surface area contributed by atoms with Crippen LogP contribution in [0.15, 0.2) is 35.9 Å². The summed E-state index contributed by atoms with van der Waals surface area (Å²) in [6.07, 6.45) is 2.85. The van der Waals surface area contributed by atoms with Gasteiger partial charge in [0, 0.05) is 12.0 Å². The van der Waals surface area contributed by atoms with Crippen LogP contribution < -0.4 is 5.32 Å². The maximum Gasteiger partial charge on any atom is 0.407 e. The van der Waals surface area contributed by atoms with Crippen molar-refractivity contribution in [1.82, 2.24) is 5.32 Å². The van der Waals surface area contributed by atoms with E-state index < -0.39 is 5.60 Å². The van der Waals surface area contributed by atoms with Crippen molar-refractivity contribution in [3.05, 3.63) is 41.5 Å². The minimum absolute atomic E-state index is 0.213. The Hall–Kier alpha value is -1.77. The van der Waals surface area contributed by atoms with Gasteiger partial charge >= 0.3 is 6.09 Å². The second-order valence-electron chi connectivity index (χ2n) is 6.39. The van der Waals surface area contributed by atoms with E-state index in [0.29, 0.717) is 5.92 Å². The molecule has 1 saturated carbocycles. The number of ether oxygens (including phenoxy) is 1. The molecule has 0 unspecified atom stereocenters. The maximum atomic E-state index is 11.7. The van der Waals surface area contributed by atoms with Crippen molar-refractivity contribution in [1.29, 1.82) is 0 Å². The van der Waals surface area contributed by atoms with Gasteiger partial charge in [0.2, 0.25) is 0 Å². The fourth-order valence-corrected chi connectivity index (χ4v) is 2.24. The van der Waals surface area contributed by atoms with Crippen LogP contribution in [0, 0.1) is 5.92 Å². The van der Waals surface area contributed by atoms with Gasteiger partial charge in [0.05, 0.1) is 0 Å². The second-order valence-corrected chi connectivity index (χ2v) is 6.39. The van der Waals surface area contributed by atoms with Crippen molar-refractivity contribution < 1.29 is 9.53 Å². The van der Waals surface area contributed by atoms with E-state index in [9.17, 15) is 4.79 Å². The molecular weight excluding hydrogens is 250 g/mol. The summed E-state index contributed by atoms with van der Waals surface area (Å²) in [6, 6.07) is 10.5. The van der Waals surface area contributed by atoms with Gasteiger partial charge in [0.1, 0.15) is 5.60 Å². The number of hydrogen-bond donors (Lipinski definition) is 1. The molecule has 1 amide bonds. The summed E-state index contributed by atoms with van der Waals surface area (Å²) in [5.74, 6) is 0.433. The zero-order valence-electron chi connectivity index (χ0n) is 12.6. The van der Waals surface area contributed by atoms with E-state index in [1.165, 1.54) is 11.1 Å². The molecule has 2 rings (SSSR count). The Balaban J connectivity index is 1.86.